The van der Waals surface area contributed by atoms with Crippen molar-refractivity contribution >= 4 is 5.91 Å². The van der Waals surface area contributed by atoms with Crippen molar-refractivity contribution in [1.82, 2.24) is 69.2 Å². The minimum Gasteiger partial charge on any atom is -0.381 e. The minimum atomic E-state index is 0.374. The monoisotopic (exact) mass is 1010 g/mol. The number of rotatable bonds is 0. The predicted octanol–water partition coefficient (Wildman–Crippen LogP) is 1.32. The maximum absolute atomic E-state index is 11.4. The second-order valence-electron chi connectivity index (χ2n) is 24.5. The molecule has 13 aliphatic rings. The number of nitrogens with one attached hydrogen (secondary N) is 2. The molecular weight excluding hydrogens is 905 g/mol. The Morgan fingerprint density at radius 1 is 0.514 bits per heavy atom. The number of hydrogen-bond acceptors (Lipinski definition) is 15. The summed E-state index contributed by atoms with van der Waals surface area (Å²) in [5.74, 6) is 6.19. The molecule has 13 aliphatic heterocycles. The number of hydrogen-bond donors (Lipinski definition) is 2. The van der Waals surface area contributed by atoms with Gasteiger partial charge in [-0.15, -0.1) is 0 Å². The van der Waals surface area contributed by atoms with Crippen molar-refractivity contribution < 1.29 is 14.3 Å². The van der Waals surface area contributed by atoms with E-state index >= 15 is 0 Å². The average Bonchev–Trinajstić information content (AvgIpc) is 4.25. The maximum atomic E-state index is 11.4. The molecule has 0 bridgehead atoms. The van der Waals surface area contributed by atoms with Gasteiger partial charge in [-0.25, -0.2) is 4.98 Å². The van der Waals surface area contributed by atoms with Crippen LogP contribution in [0.2, 0.25) is 0 Å². The zero-order valence-corrected chi connectivity index (χ0v) is 46.7. The van der Waals surface area contributed by atoms with Gasteiger partial charge in [0.2, 0.25) is 5.91 Å². The van der Waals surface area contributed by atoms with Gasteiger partial charge in [-0.1, -0.05) is 0 Å². The number of fused-ring (bicyclic) bond motifs is 7. The van der Waals surface area contributed by atoms with Gasteiger partial charge in [0.1, 0.15) is 5.82 Å². The van der Waals surface area contributed by atoms with Crippen LogP contribution in [0.15, 0.2) is 12.4 Å². The number of likely N-dealkylation sites (tertiary alicyclic amines) is 3. The fourth-order valence-electron chi connectivity index (χ4n) is 13.9. The summed E-state index contributed by atoms with van der Waals surface area (Å²) in [6.07, 6.45) is 14.0. The molecular formula is C55H104N14O3. The first kappa shape index (κ1) is 56.4. The Hall–Kier alpha value is -1.84. The lowest BCUT2D eigenvalue weighted by atomic mass is 9.89. The number of amides is 1. The van der Waals surface area contributed by atoms with E-state index in [0.29, 0.717) is 18.0 Å². The molecule has 0 spiro atoms. The molecule has 1 aromatic heterocycles. The molecule has 2 N–H and O–H groups in total. The van der Waals surface area contributed by atoms with Crippen molar-refractivity contribution in [3.8, 4) is 0 Å². The molecule has 0 aromatic carbocycles. The summed E-state index contributed by atoms with van der Waals surface area (Å²) >= 11 is 0. The number of piperazine rings is 3. The quantitative estimate of drug-likeness (QED) is 0.390. The fraction of sp³-hybridized carbons (Fsp3) is 0.927. The van der Waals surface area contributed by atoms with Crippen molar-refractivity contribution in [3.63, 3.8) is 0 Å². The van der Waals surface area contributed by atoms with Crippen LogP contribution in [0.1, 0.15) is 57.2 Å². The van der Waals surface area contributed by atoms with Gasteiger partial charge >= 0.3 is 0 Å². The van der Waals surface area contributed by atoms with Crippen molar-refractivity contribution in [3.05, 3.63) is 18.2 Å². The summed E-state index contributed by atoms with van der Waals surface area (Å²) in [5, 5.41) is 6.97. The van der Waals surface area contributed by atoms with E-state index in [2.05, 4.69) is 119 Å². The summed E-state index contributed by atoms with van der Waals surface area (Å²) < 4.78 is 13.0. The molecule has 12 saturated heterocycles. The van der Waals surface area contributed by atoms with E-state index in [-0.39, 0.29) is 0 Å². The average molecular weight is 1010 g/mol. The van der Waals surface area contributed by atoms with Crippen molar-refractivity contribution in [1.29, 1.82) is 0 Å². The molecule has 17 heteroatoms. The van der Waals surface area contributed by atoms with Crippen LogP contribution >= 0.6 is 0 Å². The number of likely N-dealkylation sites (N-methyl/N-ethyl adjacent to an activating group) is 4. The fourth-order valence-corrected chi connectivity index (χ4v) is 13.9. The standard InChI is InChI=1S/C9H16N2O.C8H16N2O.2C8H16N2.C8H15NO.C7H11N3.C7H14N2/c1-10-5-6-11-8(7-10)3-2-4-9(11)12;1-9-2-3-10-4-5-11-7-8(10)6-9;1-10-5-3-8-7(6-10)2-4-9-8;1-9-5-6-10-4-2-3-8(10)7-9;1-9-3-2-7-5-10-6-8(7)4-9;1-9-4-5-10-3-2-8-7(10)6-9;1-9-4-6-2-8-3-7(6)5-9/h8H,2-7H2,1H3;8H,2-7H2,1H3;7-9H,2-6H2,1H3;8H,2-7H2,1H3;7-8H,2-6H2,1H3;2-3H,4-6H2,1H3;6-8H,2-5H2,1H3/t8-;;;;;;/m0....../s1. The number of imidazole rings is 1. The van der Waals surface area contributed by atoms with Gasteiger partial charge in [0.05, 0.1) is 26.4 Å². The molecule has 72 heavy (non-hydrogen) atoms. The molecule has 8 unspecified atom stereocenters. The largest absolute Gasteiger partial charge is 0.381 e. The molecule has 1 amide bonds. The smallest absolute Gasteiger partial charge is 0.222 e. The molecule has 1 aromatic rings. The van der Waals surface area contributed by atoms with E-state index < -0.39 is 0 Å². The molecule has 17 nitrogen and oxygen atoms in total. The van der Waals surface area contributed by atoms with E-state index in [1.54, 1.807) is 0 Å². The molecule has 0 aliphatic carbocycles. The van der Waals surface area contributed by atoms with Crippen LogP contribution in [0.4, 0.5) is 0 Å². The molecule has 412 valence electrons. The SMILES string of the molecule is CN1CC2CNCC2C1.CN1CCC2COCC2C1.CN1CCC2NCCC2C1.CN1CCN2C(=O)CCC[C@H]2C1.CN1CCN2CCCC2C1.CN1CCN2CCOCC2C1.CN1CCn2ccnc2C1. The minimum absolute atomic E-state index is 0.374. The Balaban J connectivity index is 0.000000113. The van der Waals surface area contributed by atoms with Crippen molar-refractivity contribution in [2.45, 2.75) is 88.6 Å². The van der Waals surface area contributed by atoms with Crippen LogP contribution in [0.5, 0.6) is 0 Å². The summed E-state index contributed by atoms with van der Waals surface area (Å²) in [6.45, 7) is 31.7. The molecule has 14 heterocycles. The highest BCUT2D eigenvalue weighted by Gasteiger charge is 2.36. The normalized spacial score (nSPS) is 35.4. The molecule has 0 saturated carbocycles. The lowest BCUT2D eigenvalue weighted by molar-refractivity contribution is -0.139. The number of morpholine rings is 1. The highest BCUT2D eigenvalue weighted by Crippen LogP contribution is 2.29. The second kappa shape index (κ2) is 28.5. The number of carbonyl (C=O) groups is 1. The third kappa shape index (κ3) is 16.8. The van der Waals surface area contributed by atoms with Gasteiger partial charge in [-0.05, 0) is 157 Å². The van der Waals surface area contributed by atoms with Crippen LogP contribution in [-0.4, -0.2) is 302 Å². The predicted molar refractivity (Wildman–Crippen MR) is 290 cm³/mol. The van der Waals surface area contributed by atoms with Crippen LogP contribution in [0, 0.1) is 29.6 Å². The number of carbonyl (C=O) groups excluding carboxylic acids is 1. The van der Waals surface area contributed by atoms with Gasteiger partial charge < -0.3 is 59.0 Å². The van der Waals surface area contributed by atoms with E-state index in [1.807, 2.05) is 12.4 Å². The van der Waals surface area contributed by atoms with Gasteiger partial charge in [0.25, 0.3) is 0 Å². The summed E-state index contributed by atoms with van der Waals surface area (Å²) in [6, 6.07) is 2.95. The first-order valence-electron chi connectivity index (χ1n) is 29.1. The van der Waals surface area contributed by atoms with Gasteiger partial charge in [-0.3, -0.25) is 19.5 Å². The van der Waals surface area contributed by atoms with Crippen molar-refractivity contribution in [2.24, 2.45) is 29.6 Å². The maximum Gasteiger partial charge on any atom is 0.222 e. The first-order chi connectivity index (χ1) is 34.9. The highest BCUT2D eigenvalue weighted by molar-refractivity contribution is 5.77. The Bertz CT molecular complexity index is 1640. The molecule has 12 fully saturated rings. The van der Waals surface area contributed by atoms with Crippen LogP contribution in [0.3, 0.4) is 0 Å². The third-order valence-electron chi connectivity index (χ3n) is 18.5. The lowest BCUT2D eigenvalue weighted by Crippen LogP contribution is -2.56. The Labute approximate surface area is 437 Å². The lowest BCUT2D eigenvalue weighted by Gasteiger charge is -2.42. The van der Waals surface area contributed by atoms with Crippen molar-refractivity contribution in [2.75, 3.05) is 213 Å². The van der Waals surface area contributed by atoms with Gasteiger partial charge in [0, 0.05) is 160 Å². The molecule has 9 atom stereocenters. The summed E-state index contributed by atoms with van der Waals surface area (Å²) in [5.41, 5.74) is 0. The molecule has 14 rings (SSSR count). The second-order valence-corrected chi connectivity index (χ2v) is 24.5. The first-order valence-corrected chi connectivity index (χ1v) is 29.1. The summed E-state index contributed by atoms with van der Waals surface area (Å²) in [7, 11) is 15.3. The van der Waals surface area contributed by atoms with Gasteiger partial charge in [0.15, 0.2) is 0 Å². The third-order valence-corrected chi connectivity index (χ3v) is 18.5. The van der Waals surface area contributed by atoms with Gasteiger partial charge in [-0.2, -0.15) is 0 Å². The Morgan fingerprint density at radius 2 is 1.14 bits per heavy atom. The van der Waals surface area contributed by atoms with E-state index in [9.17, 15) is 4.79 Å². The van der Waals surface area contributed by atoms with E-state index in [4.69, 9.17) is 9.47 Å². The topological polar surface area (TPSA) is 110 Å². The Morgan fingerprint density at radius 3 is 1.92 bits per heavy atom. The van der Waals surface area contributed by atoms with E-state index in [0.717, 1.165) is 127 Å². The Kier molecular flexibility index (Phi) is 22.3. The number of aromatic nitrogens is 2. The molecule has 0 radical (unpaired) electrons. The summed E-state index contributed by atoms with van der Waals surface area (Å²) in [4.78, 5) is 39.7. The number of nitrogens with zero attached hydrogens (tertiary/aromatic N) is 12. The number of piperidine rings is 3. The zero-order valence-electron chi connectivity index (χ0n) is 46.7. The van der Waals surface area contributed by atoms with E-state index in [1.165, 1.54) is 149 Å². The van der Waals surface area contributed by atoms with Crippen LogP contribution in [0.25, 0.3) is 0 Å². The highest BCUT2D eigenvalue weighted by atomic mass is 16.5. The van der Waals surface area contributed by atoms with Crippen LogP contribution < -0.4 is 10.6 Å². The van der Waals surface area contributed by atoms with Crippen LogP contribution in [-0.2, 0) is 27.4 Å². The number of ether oxygens (including phenoxy) is 2. The zero-order chi connectivity index (χ0) is 50.4.